The fraction of sp³-hybridized carbons (Fsp3) is 0.712. The van der Waals surface area contributed by atoms with Crippen LogP contribution >= 0.6 is 0 Å². The molecule has 0 spiro atoms. The summed E-state index contributed by atoms with van der Waals surface area (Å²) in [6, 6.07) is -2.67. The second kappa shape index (κ2) is 26.3. The van der Waals surface area contributed by atoms with Crippen LogP contribution in [0.15, 0.2) is 69.5 Å². The molecule has 15 atom stereocenters. The molecule has 1 amide bonds. The first kappa shape index (κ1) is 58.0. The van der Waals surface area contributed by atoms with Crippen molar-refractivity contribution < 1.29 is 66.4 Å². The zero-order valence-corrected chi connectivity index (χ0v) is 43.6. The number of aliphatic hydroxyl groups excluding tert-OH is 2. The predicted octanol–water partition coefficient (Wildman–Crippen LogP) is 5.01. The van der Waals surface area contributed by atoms with Gasteiger partial charge in [0, 0.05) is 44.7 Å². The predicted molar refractivity (Wildman–Crippen MR) is 263 cm³/mol. The molecule has 18 nitrogen and oxygen atoms in total. The summed E-state index contributed by atoms with van der Waals surface area (Å²) in [6.45, 7) is 10.8. The quantitative estimate of drug-likeness (QED) is 0.130. The first-order valence-electron chi connectivity index (χ1n) is 25.4. The van der Waals surface area contributed by atoms with Crippen LogP contribution in [-0.4, -0.2) is 139 Å². The number of carbonyl (C=O) groups excluding carboxylic acids is 4. The lowest BCUT2D eigenvalue weighted by molar-refractivity contribution is -0.264. The maximum Gasteiger partial charge on any atom is 0.329 e. The van der Waals surface area contributed by atoms with Crippen LogP contribution in [0.1, 0.15) is 125 Å². The lowest BCUT2D eigenvalue weighted by atomic mass is 9.78. The zero-order chi connectivity index (χ0) is 52.2. The Morgan fingerprint density at radius 1 is 0.930 bits per heavy atom. The summed E-state index contributed by atoms with van der Waals surface area (Å²) >= 11 is 0. The molecule has 4 heterocycles. The molecule has 3 aliphatic heterocycles. The number of hydrogen-bond acceptors (Lipinski definition) is 16. The highest BCUT2D eigenvalue weighted by Crippen LogP contribution is 2.38. The summed E-state index contributed by atoms with van der Waals surface area (Å²) in [4.78, 5) is 58.0. The minimum atomic E-state index is -4.17. The van der Waals surface area contributed by atoms with Gasteiger partial charge in [-0.2, -0.15) is 0 Å². The molecule has 3 fully saturated rings. The normalized spacial score (nSPS) is 38.2. The average Bonchev–Trinajstić information content (AvgIpc) is 3.90. The molecule has 7 unspecified atom stereocenters. The van der Waals surface area contributed by atoms with Gasteiger partial charge in [-0.25, -0.2) is 17.9 Å². The Bertz CT molecular complexity index is 2180. The first-order valence-corrected chi connectivity index (χ1v) is 26.9. The van der Waals surface area contributed by atoms with E-state index in [1.165, 1.54) is 12.0 Å². The largest absolute Gasteiger partial charge is 0.461 e. The maximum absolute atomic E-state index is 14.4. The van der Waals surface area contributed by atoms with E-state index < -0.39 is 94.0 Å². The van der Waals surface area contributed by atoms with Gasteiger partial charge in [-0.15, -0.1) is 0 Å². The third-order valence-corrected chi connectivity index (χ3v) is 16.5. The van der Waals surface area contributed by atoms with Gasteiger partial charge in [0.15, 0.2) is 5.78 Å². The lowest BCUT2D eigenvalue weighted by Crippen LogP contribution is -2.61. The van der Waals surface area contributed by atoms with Gasteiger partial charge < -0.3 is 49.4 Å². The fourth-order valence-electron chi connectivity index (χ4n) is 10.6. The minimum absolute atomic E-state index is 0.0301. The van der Waals surface area contributed by atoms with Crippen molar-refractivity contribution in [3.63, 3.8) is 0 Å². The Morgan fingerprint density at radius 3 is 2.37 bits per heavy atom. The fourth-order valence-corrected chi connectivity index (χ4v) is 11.7. The molecule has 71 heavy (non-hydrogen) atoms. The van der Waals surface area contributed by atoms with Crippen molar-refractivity contribution in [2.75, 3.05) is 20.8 Å². The van der Waals surface area contributed by atoms with E-state index in [0.717, 1.165) is 18.9 Å². The lowest BCUT2D eigenvalue weighted by Gasteiger charge is -2.43. The summed E-state index contributed by atoms with van der Waals surface area (Å²) in [6.07, 6.45) is 13.3. The Morgan fingerprint density at radius 2 is 1.68 bits per heavy atom. The zero-order valence-electron chi connectivity index (χ0n) is 42.8. The molecule has 1 aromatic heterocycles. The number of fused-ring (bicyclic) bond motifs is 3. The number of sulfonamides is 1. The highest BCUT2D eigenvalue weighted by molar-refractivity contribution is 7.89. The molecule has 0 aromatic carbocycles. The van der Waals surface area contributed by atoms with Gasteiger partial charge in [0.1, 0.15) is 35.5 Å². The number of carbonyl (C=O) groups is 4. The van der Waals surface area contributed by atoms with Gasteiger partial charge in [-0.3, -0.25) is 14.4 Å². The Hall–Kier alpha value is -3.92. The molecule has 4 aliphatic rings. The van der Waals surface area contributed by atoms with Crippen molar-refractivity contribution in [2.45, 2.75) is 190 Å². The van der Waals surface area contributed by atoms with E-state index in [-0.39, 0.29) is 60.3 Å². The van der Waals surface area contributed by atoms with Crippen LogP contribution in [0.4, 0.5) is 0 Å². The molecule has 19 heteroatoms. The maximum atomic E-state index is 14.4. The molecular formula is C52H80N4O14S. The molecule has 1 aliphatic carbocycles. The Balaban J connectivity index is 1.49. The number of allylic oxidation sites excluding steroid dienone is 5. The summed E-state index contributed by atoms with van der Waals surface area (Å²) in [5, 5.41) is 37.6. The van der Waals surface area contributed by atoms with Crippen molar-refractivity contribution in [1.82, 2.24) is 14.8 Å². The number of nitrogens with zero attached hydrogens (tertiary/aromatic N) is 2. The number of rotatable bonds is 8. The third-order valence-electron chi connectivity index (χ3n) is 15.1. The van der Waals surface area contributed by atoms with Crippen molar-refractivity contribution in [1.29, 1.82) is 0 Å². The number of Topliss-reactive ketones (excluding diaryl/α,β-unsaturated/α-hetero) is 2. The summed E-state index contributed by atoms with van der Waals surface area (Å²) < 4.78 is 58.2. The van der Waals surface area contributed by atoms with Gasteiger partial charge in [-0.1, -0.05) is 74.9 Å². The molecule has 6 N–H and O–H groups in total. The van der Waals surface area contributed by atoms with E-state index >= 15 is 0 Å². The number of nitrogens with one attached hydrogen (secondary N) is 1. The molecule has 2 saturated heterocycles. The summed E-state index contributed by atoms with van der Waals surface area (Å²) in [5.41, 5.74) is 7.69. The van der Waals surface area contributed by atoms with Crippen LogP contribution in [0.3, 0.4) is 0 Å². The van der Waals surface area contributed by atoms with E-state index in [9.17, 15) is 42.9 Å². The summed E-state index contributed by atoms with van der Waals surface area (Å²) in [7, 11) is -1.22. The van der Waals surface area contributed by atoms with Crippen molar-refractivity contribution in [3.8, 4) is 0 Å². The molecule has 1 saturated carbocycles. The number of piperidine rings is 1. The number of aromatic nitrogens is 1. The van der Waals surface area contributed by atoms with Crippen molar-refractivity contribution in [3.05, 3.63) is 60.1 Å². The Kier molecular flexibility index (Phi) is 21.5. The third kappa shape index (κ3) is 15.3. The number of nitrogens with two attached hydrogens (primary N) is 1. The number of amides is 1. The number of aliphatic hydroxyl groups is 3. The van der Waals surface area contributed by atoms with Crippen LogP contribution in [0.2, 0.25) is 0 Å². The molecule has 0 radical (unpaired) electrons. The van der Waals surface area contributed by atoms with Gasteiger partial charge in [0.2, 0.25) is 15.8 Å². The van der Waals surface area contributed by atoms with Gasteiger partial charge >= 0.3 is 5.97 Å². The average molecular weight is 1020 g/mol. The standard InChI is InChI=1S/C52H80N4O14S/c1-31-14-10-9-11-15-32(2)41(55-71(64,65)40-29-54-68-30-40)28-39-20-17-36(6)52(63,70-39)49(60)50(61)56-23-13-12-16-42(56)51(62)69-44(33(3)25-37-18-21-43(57)45(27-37)66-7)22-19-38(53)26-35(5)47(59)48(67-8)46(58)34(4)24-31/h9-11,14-15,26,29-31,33-34,36-39,41-45,47-48,55,57,59,63H,12-13,16-25,27-28,53H2,1-8H3/b11-9+,14-10+,32-15+,35-26+/t31-,33-,34?,36?,37?,38+,39+,41+,42?,43-,44+,45?,47?,48+,52?/m1/s1. The number of cyclic esters (lactones) is 1. The number of hydrogen-bond donors (Lipinski definition) is 5. The second-order valence-electron chi connectivity index (χ2n) is 20.7. The minimum Gasteiger partial charge on any atom is -0.461 e. The van der Waals surface area contributed by atoms with Crippen molar-refractivity contribution in [2.24, 2.45) is 35.3 Å². The first-order chi connectivity index (χ1) is 33.6. The molecule has 2 bridgehead atoms. The molecule has 398 valence electrons. The highest BCUT2D eigenvalue weighted by Gasteiger charge is 2.53. The van der Waals surface area contributed by atoms with E-state index in [0.29, 0.717) is 68.9 Å². The topological polar surface area (TPSA) is 267 Å². The van der Waals surface area contributed by atoms with Crippen LogP contribution in [-0.2, 0) is 48.1 Å². The van der Waals surface area contributed by atoms with Crippen LogP contribution in [0, 0.1) is 29.6 Å². The van der Waals surface area contributed by atoms with Crippen molar-refractivity contribution >= 4 is 33.5 Å². The molecule has 5 rings (SSSR count). The van der Waals surface area contributed by atoms with Crippen LogP contribution < -0.4 is 10.5 Å². The van der Waals surface area contributed by atoms with E-state index in [1.807, 2.05) is 26.0 Å². The number of esters is 1. The van der Waals surface area contributed by atoms with Crippen LogP contribution in [0.5, 0.6) is 0 Å². The number of methoxy groups -OCH3 is 2. The van der Waals surface area contributed by atoms with Crippen LogP contribution in [0.25, 0.3) is 0 Å². The summed E-state index contributed by atoms with van der Waals surface area (Å²) in [5.74, 6) is -7.27. The smallest absolute Gasteiger partial charge is 0.329 e. The van der Waals surface area contributed by atoms with E-state index in [2.05, 4.69) is 9.88 Å². The second-order valence-corrected chi connectivity index (χ2v) is 22.4. The number of ether oxygens (including phenoxy) is 4. The SMILES string of the molecule is COC1CC(C[C@@H](C)[C@@H]2CC[C@H](N)/C=C(\C)C(O)[C@@H](OC)C(=O)C(C)C[C@H](C)/C=C/C=C/C=C(\C)[C@@H](NS(=O)(=O)c3cnoc3)C[C@@H]3CCC(C)C(O)(O3)C(=O)C(=O)N3CCCCC3C(=O)O2)CC[C@H]1O. The number of ketones is 2. The molecule has 1 aromatic rings. The van der Waals surface area contributed by atoms with E-state index in [4.69, 9.17) is 29.2 Å². The van der Waals surface area contributed by atoms with Gasteiger partial charge in [0.05, 0.1) is 24.5 Å². The highest BCUT2D eigenvalue weighted by atomic mass is 32.2. The Labute approximate surface area is 419 Å². The van der Waals surface area contributed by atoms with E-state index in [1.54, 1.807) is 59.1 Å². The molecular weight excluding hydrogens is 937 g/mol. The van der Waals surface area contributed by atoms with Gasteiger partial charge in [0.25, 0.3) is 11.7 Å². The monoisotopic (exact) mass is 1020 g/mol. The van der Waals surface area contributed by atoms with Gasteiger partial charge in [-0.05, 0) is 121 Å².